The summed E-state index contributed by atoms with van der Waals surface area (Å²) < 4.78 is 10.3. The summed E-state index contributed by atoms with van der Waals surface area (Å²) in [5.74, 6) is -4.15. The molecule has 0 spiro atoms. The van der Waals surface area contributed by atoms with E-state index in [0.29, 0.717) is 12.8 Å². The molecule has 1 amide bonds. The molecule has 220 valence electrons. The zero-order valence-electron chi connectivity index (χ0n) is 22.0. The van der Waals surface area contributed by atoms with E-state index in [9.17, 15) is 44.7 Å². The number of esters is 1. The molecule has 4 rings (SSSR count). The number of aliphatic hydroxyl groups is 3. The summed E-state index contributed by atoms with van der Waals surface area (Å²) in [6.07, 6.45) is -6.34. The van der Waals surface area contributed by atoms with Crippen LogP contribution >= 0.6 is 0 Å². The number of benzene rings is 1. The third-order valence-electron chi connectivity index (χ3n) is 8.09. The molecule has 2 saturated heterocycles. The number of rotatable bonds is 10. The van der Waals surface area contributed by atoms with Crippen LogP contribution < -0.4 is 5.32 Å². The zero-order chi connectivity index (χ0) is 29.1. The van der Waals surface area contributed by atoms with Gasteiger partial charge < -0.3 is 39.9 Å². The summed E-state index contributed by atoms with van der Waals surface area (Å²) in [5, 5.41) is 52.1. The second-order valence-electron chi connectivity index (χ2n) is 10.7. The fourth-order valence-electron chi connectivity index (χ4n) is 5.99. The van der Waals surface area contributed by atoms with Crippen molar-refractivity contribution in [3.63, 3.8) is 0 Å². The van der Waals surface area contributed by atoms with E-state index in [1.165, 1.54) is 11.8 Å². The smallest absolute Gasteiger partial charge is 0.335 e. The Morgan fingerprint density at radius 1 is 1.05 bits per heavy atom. The molecule has 2 aliphatic heterocycles. The Balaban J connectivity index is 1.45. The Morgan fingerprint density at radius 3 is 2.40 bits per heavy atom. The van der Waals surface area contributed by atoms with Crippen LogP contribution in [-0.2, 0) is 35.1 Å². The number of amides is 1. The maximum Gasteiger partial charge on any atom is 0.335 e. The lowest BCUT2D eigenvalue weighted by Gasteiger charge is -2.39. The van der Waals surface area contributed by atoms with Gasteiger partial charge in [-0.05, 0) is 50.5 Å². The highest BCUT2D eigenvalue weighted by molar-refractivity contribution is 5.89. The van der Waals surface area contributed by atoms with Gasteiger partial charge in [0.05, 0.1) is 6.04 Å². The van der Waals surface area contributed by atoms with Crippen molar-refractivity contribution < 1.29 is 54.2 Å². The second-order valence-corrected chi connectivity index (χ2v) is 10.7. The number of aryl methyl sites for hydroxylation is 1. The molecule has 0 aromatic heterocycles. The number of hydrogen-bond donors (Lipinski definition) is 6. The number of nitrogens with one attached hydrogen (secondary N) is 1. The van der Waals surface area contributed by atoms with E-state index in [1.54, 1.807) is 0 Å². The first-order valence-corrected chi connectivity index (χ1v) is 13.5. The maximum absolute atomic E-state index is 13.7. The lowest BCUT2D eigenvalue weighted by atomic mass is 9.99. The van der Waals surface area contributed by atoms with Gasteiger partial charge in [-0.1, -0.05) is 36.8 Å². The molecule has 3 aliphatic rings. The van der Waals surface area contributed by atoms with Crippen molar-refractivity contribution in [2.45, 2.75) is 100 Å². The highest BCUT2D eigenvalue weighted by Gasteiger charge is 2.53. The average Bonchev–Trinajstić information content (AvgIpc) is 3.52. The summed E-state index contributed by atoms with van der Waals surface area (Å²) in [6.45, 7) is 1.54. The largest absolute Gasteiger partial charge is 0.480 e. The Morgan fingerprint density at radius 2 is 1.75 bits per heavy atom. The fourth-order valence-corrected chi connectivity index (χ4v) is 5.99. The van der Waals surface area contributed by atoms with E-state index >= 15 is 0 Å². The molecule has 2 unspecified atom stereocenters. The SMILES string of the molecule is C[C@H](N[C@@H](CCc1ccccc1)C(=O)O)C(=O)N1[C@H](C(=O)O[C@@H]2OC(C(=O)O)[C@@H](O)C(O)[C@@H]2O)C[C@@H]2CCC[C@@H]21. The summed E-state index contributed by atoms with van der Waals surface area (Å²) in [6, 6.07) is 6.05. The molecule has 1 aromatic rings. The first kappa shape index (κ1) is 29.9. The molecule has 13 heteroatoms. The van der Waals surface area contributed by atoms with E-state index in [1.807, 2.05) is 30.3 Å². The number of carbonyl (C=O) groups is 4. The second kappa shape index (κ2) is 12.6. The molecular weight excluding hydrogens is 528 g/mol. The maximum atomic E-state index is 13.7. The molecule has 3 fully saturated rings. The quantitative estimate of drug-likeness (QED) is 0.195. The van der Waals surface area contributed by atoms with Crippen molar-refractivity contribution in [3.05, 3.63) is 35.9 Å². The van der Waals surface area contributed by atoms with Crippen molar-refractivity contribution in [1.29, 1.82) is 0 Å². The molecule has 0 bridgehead atoms. The molecule has 13 nitrogen and oxygen atoms in total. The van der Waals surface area contributed by atoms with Crippen molar-refractivity contribution in [2.24, 2.45) is 5.92 Å². The summed E-state index contributed by atoms with van der Waals surface area (Å²) >= 11 is 0. The van der Waals surface area contributed by atoms with Crippen LogP contribution in [-0.4, -0.2) is 109 Å². The van der Waals surface area contributed by atoms with Crippen LogP contribution in [0.25, 0.3) is 0 Å². The first-order valence-electron chi connectivity index (χ1n) is 13.5. The minimum Gasteiger partial charge on any atom is -0.480 e. The van der Waals surface area contributed by atoms with Crippen LogP contribution in [0.15, 0.2) is 30.3 Å². The number of carboxylic acid groups (broad SMARTS) is 2. The zero-order valence-corrected chi connectivity index (χ0v) is 22.0. The normalized spacial score (nSPS) is 33.1. The lowest BCUT2D eigenvalue weighted by Crippen LogP contribution is -2.61. The predicted molar refractivity (Wildman–Crippen MR) is 136 cm³/mol. The van der Waals surface area contributed by atoms with Crippen LogP contribution in [0, 0.1) is 5.92 Å². The summed E-state index contributed by atoms with van der Waals surface area (Å²) in [4.78, 5) is 51.7. The topological polar surface area (TPSA) is 203 Å². The third kappa shape index (κ3) is 6.28. The predicted octanol–water partition coefficient (Wildman–Crippen LogP) is -0.744. The van der Waals surface area contributed by atoms with Crippen molar-refractivity contribution >= 4 is 23.8 Å². The van der Waals surface area contributed by atoms with Gasteiger partial charge in [-0.3, -0.25) is 14.9 Å². The van der Waals surface area contributed by atoms with Gasteiger partial charge in [0.1, 0.15) is 30.4 Å². The van der Waals surface area contributed by atoms with Gasteiger partial charge in [-0.15, -0.1) is 0 Å². The Bertz CT molecular complexity index is 1090. The Hall–Kier alpha value is -3.10. The number of aliphatic hydroxyl groups excluding tert-OH is 3. The van der Waals surface area contributed by atoms with E-state index in [0.717, 1.165) is 18.4 Å². The van der Waals surface area contributed by atoms with Crippen molar-refractivity contribution in [1.82, 2.24) is 10.2 Å². The summed E-state index contributed by atoms with van der Waals surface area (Å²) in [5.41, 5.74) is 0.959. The number of ether oxygens (including phenoxy) is 2. The number of carbonyl (C=O) groups excluding carboxylic acids is 2. The van der Waals surface area contributed by atoms with Crippen LogP contribution in [0.2, 0.25) is 0 Å². The van der Waals surface area contributed by atoms with E-state index in [2.05, 4.69) is 5.32 Å². The first-order chi connectivity index (χ1) is 19.0. The van der Waals surface area contributed by atoms with Gasteiger partial charge in [0, 0.05) is 6.04 Å². The van der Waals surface area contributed by atoms with Crippen LogP contribution in [0.3, 0.4) is 0 Å². The third-order valence-corrected chi connectivity index (χ3v) is 8.09. The molecule has 40 heavy (non-hydrogen) atoms. The monoisotopic (exact) mass is 564 g/mol. The van der Waals surface area contributed by atoms with E-state index < -0.39 is 72.6 Å². The van der Waals surface area contributed by atoms with Gasteiger partial charge in [-0.2, -0.15) is 0 Å². The van der Waals surface area contributed by atoms with Gasteiger partial charge in [-0.25, -0.2) is 9.59 Å². The van der Waals surface area contributed by atoms with Crippen molar-refractivity contribution in [3.8, 4) is 0 Å². The molecule has 10 atom stereocenters. The number of nitrogens with zero attached hydrogens (tertiary/aromatic N) is 1. The molecule has 6 N–H and O–H groups in total. The van der Waals surface area contributed by atoms with E-state index in [4.69, 9.17) is 9.47 Å². The molecule has 1 saturated carbocycles. The van der Waals surface area contributed by atoms with Gasteiger partial charge in [0.2, 0.25) is 12.2 Å². The minimum absolute atomic E-state index is 0.0124. The number of carboxylic acids is 2. The highest BCUT2D eigenvalue weighted by Crippen LogP contribution is 2.42. The number of likely N-dealkylation sites (tertiary alicyclic amines) is 1. The van der Waals surface area contributed by atoms with Crippen LogP contribution in [0.4, 0.5) is 0 Å². The van der Waals surface area contributed by atoms with Gasteiger partial charge in [0.25, 0.3) is 0 Å². The molecule has 2 heterocycles. The van der Waals surface area contributed by atoms with Gasteiger partial charge in [0.15, 0.2) is 6.10 Å². The van der Waals surface area contributed by atoms with Crippen LogP contribution in [0.1, 0.15) is 44.6 Å². The molecular formula is C27H36N2O11. The summed E-state index contributed by atoms with van der Waals surface area (Å²) in [7, 11) is 0. The Labute approximate surface area is 230 Å². The highest BCUT2D eigenvalue weighted by atomic mass is 16.7. The fraction of sp³-hybridized carbons (Fsp3) is 0.630. The van der Waals surface area contributed by atoms with Gasteiger partial charge >= 0.3 is 17.9 Å². The number of hydrogen-bond acceptors (Lipinski definition) is 10. The van der Waals surface area contributed by atoms with Crippen molar-refractivity contribution in [2.75, 3.05) is 0 Å². The van der Waals surface area contributed by atoms with Crippen LogP contribution in [0.5, 0.6) is 0 Å². The number of fused-ring (bicyclic) bond motifs is 1. The van der Waals surface area contributed by atoms with E-state index in [-0.39, 0.29) is 24.8 Å². The molecule has 0 radical (unpaired) electrons. The molecule has 1 aromatic carbocycles. The number of aliphatic carboxylic acids is 2. The standard InChI is InChI=1S/C27H36N2O11/c1-13(28-16(24(34)35)11-10-14-6-3-2-4-7-14)23(33)29-17-9-5-8-15(17)12-18(29)26(38)40-27-21(32)19(30)20(31)22(39-27)25(36)37/h2-4,6-7,13,15-22,27-28,30-32H,5,8-12H2,1H3,(H,34,35)(H,36,37)/t13-,15-,16-,17-,18-,19?,20-,21-,22?,27-/m0/s1. The Kier molecular flexibility index (Phi) is 9.41. The lowest BCUT2D eigenvalue weighted by molar-refractivity contribution is -0.287. The minimum atomic E-state index is -1.94. The average molecular weight is 565 g/mol. The molecule has 1 aliphatic carbocycles.